The van der Waals surface area contributed by atoms with Gasteiger partial charge >= 0.3 is 0 Å². The maximum Gasteiger partial charge on any atom is 0.0929 e. The highest BCUT2D eigenvalue weighted by Crippen LogP contribution is 2.41. The molecule has 2 rings (SSSR count). The Morgan fingerprint density at radius 1 is 1.06 bits per heavy atom. The normalized spacial score (nSPS) is 12.8. The minimum absolute atomic E-state index is 0.170. The second kappa shape index (κ2) is 5.93. The zero-order chi connectivity index (χ0) is 12.6. The predicted octanol–water partition coefficient (Wildman–Crippen LogP) is 7.02. The number of hydrogen-bond donors (Lipinski definition) is 0. The fourth-order valence-electron chi connectivity index (χ4n) is 1.32. The fourth-order valence-corrected chi connectivity index (χ4v) is 4.26. The van der Waals surface area contributed by atoms with Crippen LogP contribution in [0.25, 0.3) is 0 Å². The lowest BCUT2D eigenvalue weighted by molar-refractivity contribution is 1.18. The van der Waals surface area contributed by atoms with Crippen LogP contribution >= 0.6 is 82.3 Å². The summed E-state index contributed by atoms with van der Waals surface area (Å²) in [6.07, 6.45) is 0. The van der Waals surface area contributed by atoms with E-state index in [0.29, 0.717) is 5.02 Å². The van der Waals surface area contributed by atoms with Crippen molar-refractivity contribution in [2.24, 2.45) is 0 Å². The van der Waals surface area contributed by atoms with Crippen molar-refractivity contribution in [2.75, 3.05) is 0 Å². The summed E-state index contributed by atoms with van der Waals surface area (Å²) in [6, 6.07) is 7.75. The van der Waals surface area contributed by atoms with Crippen LogP contribution in [0.2, 0.25) is 5.02 Å². The minimum Gasteiger partial charge on any atom is -0.130 e. The molecule has 0 N–H and O–H groups in total. The molecule has 1 aromatic heterocycles. The predicted molar refractivity (Wildman–Crippen MR) is 86.6 cm³/mol. The summed E-state index contributed by atoms with van der Waals surface area (Å²) >= 11 is 24.3. The van der Waals surface area contributed by atoms with Crippen molar-refractivity contribution in [3.8, 4) is 0 Å². The summed E-state index contributed by atoms with van der Waals surface area (Å²) < 4.78 is 2.93. The Balaban J connectivity index is 2.36. The molecule has 0 saturated heterocycles. The lowest BCUT2D eigenvalue weighted by atomic mass is 10.1. The van der Waals surface area contributed by atoms with Gasteiger partial charge < -0.3 is 0 Å². The third kappa shape index (κ3) is 3.28. The van der Waals surface area contributed by atoms with Gasteiger partial charge in [-0.2, -0.15) is 0 Å². The molecule has 0 nitrogen and oxygen atoms in total. The Labute approximate surface area is 139 Å². The third-order valence-corrected chi connectivity index (χ3v) is 7.30. The first kappa shape index (κ1) is 14.4. The lowest BCUT2D eigenvalue weighted by Gasteiger charge is -2.08. The van der Waals surface area contributed by atoms with Crippen LogP contribution in [0, 0.1) is 0 Å². The van der Waals surface area contributed by atoms with Gasteiger partial charge in [0.1, 0.15) is 0 Å². The van der Waals surface area contributed by atoms with Gasteiger partial charge in [0.2, 0.25) is 0 Å². The van der Waals surface area contributed by atoms with E-state index in [-0.39, 0.29) is 5.38 Å². The summed E-state index contributed by atoms with van der Waals surface area (Å²) in [7, 11) is 0. The average Bonchev–Trinajstić information content (AvgIpc) is 2.62. The highest BCUT2D eigenvalue weighted by molar-refractivity contribution is 9.13. The highest BCUT2D eigenvalue weighted by Gasteiger charge is 2.16. The number of rotatable bonds is 2. The monoisotopic (exact) mass is 476 g/mol. The zero-order valence-electron chi connectivity index (χ0n) is 8.18. The van der Waals surface area contributed by atoms with E-state index in [2.05, 4.69) is 47.8 Å². The van der Waals surface area contributed by atoms with Crippen LogP contribution in [-0.2, 0) is 0 Å². The molecule has 0 aliphatic heterocycles. The molecule has 6 heteroatoms. The van der Waals surface area contributed by atoms with Gasteiger partial charge in [0.05, 0.1) is 14.2 Å². The molecule has 1 heterocycles. The molecule has 90 valence electrons. The van der Waals surface area contributed by atoms with Gasteiger partial charge in [-0.3, -0.25) is 0 Å². The maximum absolute atomic E-state index is 6.45. The molecule has 0 saturated carbocycles. The summed E-state index contributed by atoms with van der Waals surface area (Å²) in [5, 5.41) is 0.516. The van der Waals surface area contributed by atoms with E-state index >= 15 is 0 Å². The third-order valence-electron chi connectivity index (χ3n) is 2.15. The first-order valence-electron chi connectivity index (χ1n) is 4.53. The molecule has 1 aromatic carbocycles. The number of alkyl halides is 1. The van der Waals surface area contributed by atoms with E-state index in [1.54, 1.807) is 11.3 Å². The van der Waals surface area contributed by atoms with Crippen LogP contribution in [0.5, 0.6) is 0 Å². The molecule has 0 bridgehead atoms. The first-order chi connectivity index (χ1) is 7.99. The molecule has 2 aromatic rings. The molecule has 0 fully saturated rings. The first-order valence-corrected chi connectivity index (χ1v) is 8.54. The quantitative estimate of drug-likeness (QED) is 0.406. The molecular formula is C11H5Br3Cl2S. The van der Waals surface area contributed by atoms with E-state index in [1.165, 1.54) is 0 Å². The van der Waals surface area contributed by atoms with Gasteiger partial charge in [0.15, 0.2) is 0 Å². The molecule has 1 atom stereocenters. The summed E-state index contributed by atoms with van der Waals surface area (Å²) in [4.78, 5) is 1.08. The smallest absolute Gasteiger partial charge is 0.0929 e. The summed E-state index contributed by atoms with van der Waals surface area (Å²) in [6.45, 7) is 0. The molecule has 17 heavy (non-hydrogen) atoms. The Bertz CT molecular complexity index is 534. The van der Waals surface area contributed by atoms with Crippen molar-refractivity contribution in [1.82, 2.24) is 0 Å². The van der Waals surface area contributed by atoms with Gasteiger partial charge in [-0.05, 0) is 71.6 Å². The zero-order valence-corrected chi connectivity index (χ0v) is 15.3. The Hall–Kier alpha value is 0.940. The van der Waals surface area contributed by atoms with E-state index in [0.717, 1.165) is 23.2 Å². The van der Waals surface area contributed by atoms with Gasteiger partial charge in [-0.25, -0.2) is 0 Å². The minimum atomic E-state index is -0.170. The molecular weight excluding hydrogens is 475 g/mol. The molecule has 0 aliphatic carbocycles. The van der Waals surface area contributed by atoms with Crippen LogP contribution in [-0.4, -0.2) is 0 Å². The Morgan fingerprint density at radius 3 is 2.29 bits per heavy atom. The summed E-state index contributed by atoms with van der Waals surface area (Å²) in [5.41, 5.74) is 1.02. The van der Waals surface area contributed by atoms with E-state index in [9.17, 15) is 0 Å². The van der Waals surface area contributed by atoms with Crippen LogP contribution in [0.4, 0.5) is 0 Å². The average molecular weight is 480 g/mol. The molecule has 0 spiro atoms. The molecule has 1 unspecified atom stereocenters. The number of halogens is 5. The largest absolute Gasteiger partial charge is 0.130 e. The maximum atomic E-state index is 6.45. The van der Waals surface area contributed by atoms with Gasteiger partial charge in [0, 0.05) is 13.8 Å². The van der Waals surface area contributed by atoms with Gasteiger partial charge in [-0.15, -0.1) is 22.9 Å². The Kier molecular flexibility index (Phi) is 5.01. The van der Waals surface area contributed by atoms with Crippen LogP contribution in [0.3, 0.4) is 0 Å². The van der Waals surface area contributed by atoms with Crippen molar-refractivity contribution in [2.45, 2.75) is 5.38 Å². The molecule has 0 aliphatic rings. The molecule has 0 amide bonds. The van der Waals surface area contributed by atoms with Gasteiger partial charge in [-0.1, -0.05) is 17.7 Å². The van der Waals surface area contributed by atoms with E-state index < -0.39 is 0 Å². The van der Waals surface area contributed by atoms with Crippen LogP contribution in [0.15, 0.2) is 37.0 Å². The number of thiophene rings is 1. The van der Waals surface area contributed by atoms with Crippen molar-refractivity contribution in [1.29, 1.82) is 0 Å². The second-order valence-electron chi connectivity index (χ2n) is 3.31. The topological polar surface area (TPSA) is 0 Å². The van der Waals surface area contributed by atoms with Crippen LogP contribution in [0.1, 0.15) is 15.8 Å². The second-order valence-corrected chi connectivity index (χ2v) is 8.26. The van der Waals surface area contributed by atoms with E-state index in [1.807, 2.05) is 24.3 Å². The van der Waals surface area contributed by atoms with Crippen LogP contribution < -0.4 is 0 Å². The van der Waals surface area contributed by atoms with Crippen molar-refractivity contribution in [3.05, 3.63) is 52.5 Å². The van der Waals surface area contributed by atoms with Crippen molar-refractivity contribution < 1.29 is 0 Å². The standard InChI is InChI=1S/C11H5Br3Cl2S/c12-6-3-5(1-2-8(6)15)10(16)9-4-7(13)11(14)17-9/h1-4,10H. The van der Waals surface area contributed by atoms with Crippen molar-refractivity contribution >= 4 is 82.3 Å². The van der Waals surface area contributed by atoms with Gasteiger partial charge in [0.25, 0.3) is 0 Å². The fraction of sp³-hybridized carbons (Fsp3) is 0.0909. The highest BCUT2D eigenvalue weighted by atomic mass is 79.9. The number of benzene rings is 1. The molecule has 0 radical (unpaired) electrons. The SMILES string of the molecule is Clc1ccc(C(Cl)c2cc(Br)c(Br)s2)cc1Br. The Morgan fingerprint density at radius 2 is 1.76 bits per heavy atom. The lowest BCUT2D eigenvalue weighted by Crippen LogP contribution is -1.90. The number of hydrogen-bond acceptors (Lipinski definition) is 1. The summed E-state index contributed by atoms with van der Waals surface area (Å²) in [5.74, 6) is 0. The van der Waals surface area contributed by atoms with Crippen molar-refractivity contribution in [3.63, 3.8) is 0 Å². The van der Waals surface area contributed by atoms with E-state index in [4.69, 9.17) is 23.2 Å².